The zero-order valence-corrected chi connectivity index (χ0v) is 13.2. The highest BCUT2D eigenvalue weighted by Gasteiger charge is 2.23. The first kappa shape index (κ1) is 14.7. The van der Waals surface area contributed by atoms with Crippen molar-refractivity contribution in [2.45, 2.75) is 39.2 Å². The Bertz CT molecular complexity index is 407. The first-order chi connectivity index (χ1) is 9.19. The maximum Gasteiger partial charge on any atom is 0.136 e. The second-order valence-electron chi connectivity index (χ2n) is 5.39. The lowest BCUT2D eigenvalue weighted by atomic mass is 9.90. The summed E-state index contributed by atoms with van der Waals surface area (Å²) in [5, 5.41) is 0. The number of carbonyl (C=O) groups is 1. The van der Waals surface area contributed by atoms with Crippen molar-refractivity contribution in [2.75, 3.05) is 13.1 Å². The van der Waals surface area contributed by atoms with Crippen LogP contribution in [0.2, 0.25) is 0 Å². The molecule has 0 aliphatic carbocycles. The van der Waals surface area contributed by atoms with E-state index in [9.17, 15) is 4.79 Å². The molecule has 1 saturated heterocycles. The van der Waals surface area contributed by atoms with E-state index in [4.69, 9.17) is 0 Å². The number of hydrogen-bond donors (Lipinski definition) is 0. The summed E-state index contributed by atoms with van der Waals surface area (Å²) in [6, 6.07) is 8.51. The molecule has 1 aromatic rings. The molecule has 1 aromatic carbocycles. The van der Waals surface area contributed by atoms with Gasteiger partial charge in [0.1, 0.15) is 5.78 Å². The van der Waals surface area contributed by atoms with E-state index in [1.165, 1.54) is 5.56 Å². The maximum atomic E-state index is 11.9. The first-order valence-electron chi connectivity index (χ1n) is 7.18. The number of likely N-dealkylation sites (tertiary alicyclic amines) is 1. The molecule has 0 unspecified atom stereocenters. The van der Waals surface area contributed by atoms with Crippen molar-refractivity contribution < 1.29 is 4.79 Å². The highest BCUT2D eigenvalue weighted by Crippen LogP contribution is 2.21. The van der Waals surface area contributed by atoms with Gasteiger partial charge in [-0.15, -0.1) is 0 Å². The lowest BCUT2D eigenvalue weighted by Gasteiger charge is -2.31. The van der Waals surface area contributed by atoms with Crippen LogP contribution in [0.3, 0.4) is 0 Å². The van der Waals surface area contributed by atoms with Gasteiger partial charge in [-0.3, -0.25) is 9.69 Å². The highest BCUT2D eigenvalue weighted by molar-refractivity contribution is 9.10. The number of carbonyl (C=O) groups excluding carboxylic acids is 1. The smallest absolute Gasteiger partial charge is 0.136 e. The molecule has 2 nitrogen and oxygen atoms in total. The molecule has 1 aliphatic rings. The molecule has 1 heterocycles. The molecule has 0 saturated carbocycles. The number of ketones is 1. The molecule has 104 valence electrons. The predicted octanol–water partition coefficient (Wildman–Crippen LogP) is 4.03. The van der Waals surface area contributed by atoms with Gasteiger partial charge in [0, 0.05) is 23.4 Å². The minimum absolute atomic E-state index is 0.320. The van der Waals surface area contributed by atoms with E-state index in [2.05, 4.69) is 52.0 Å². The van der Waals surface area contributed by atoms with Crippen LogP contribution >= 0.6 is 15.9 Å². The van der Waals surface area contributed by atoms with E-state index < -0.39 is 0 Å². The zero-order chi connectivity index (χ0) is 13.7. The number of hydrogen-bond acceptors (Lipinski definition) is 2. The quantitative estimate of drug-likeness (QED) is 0.815. The van der Waals surface area contributed by atoms with Gasteiger partial charge in [-0.1, -0.05) is 35.0 Å². The van der Waals surface area contributed by atoms with E-state index in [0.717, 1.165) is 49.8 Å². The zero-order valence-electron chi connectivity index (χ0n) is 11.6. The van der Waals surface area contributed by atoms with Crippen LogP contribution in [0.15, 0.2) is 28.7 Å². The van der Waals surface area contributed by atoms with Crippen LogP contribution in [-0.2, 0) is 11.3 Å². The van der Waals surface area contributed by atoms with Crippen LogP contribution in [0.1, 0.15) is 38.2 Å². The van der Waals surface area contributed by atoms with Gasteiger partial charge in [0.05, 0.1) is 0 Å². The Morgan fingerprint density at radius 3 is 2.47 bits per heavy atom. The Morgan fingerprint density at radius 2 is 1.89 bits per heavy atom. The molecule has 0 N–H and O–H groups in total. The third kappa shape index (κ3) is 4.43. The lowest BCUT2D eigenvalue weighted by molar-refractivity contribution is -0.124. The van der Waals surface area contributed by atoms with Crippen LogP contribution < -0.4 is 0 Å². The van der Waals surface area contributed by atoms with E-state index >= 15 is 0 Å². The molecule has 19 heavy (non-hydrogen) atoms. The largest absolute Gasteiger partial charge is 0.299 e. The fourth-order valence-electron chi connectivity index (χ4n) is 2.71. The standard InChI is InChI=1S/C16H22BrNO/c1-2-3-16(19)14-8-10-18(11-9-14)12-13-4-6-15(17)7-5-13/h4-7,14H,2-3,8-12H2,1H3. The van der Waals surface area contributed by atoms with Crippen molar-refractivity contribution >= 4 is 21.7 Å². The Morgan fingerprint density at radius 1 is 1.26 bits per heavy atom. The number of halogens is 1. The van der Waals surface area contributed by atoms with Crippen molar-refractivity contribution in [1.82, 2.24) is 4.90 Å². The molecular weight excluding hydrogens is 302 g/mol. The van der Waals surface area contributed by atoms with Crippen LogP contribution in [0.25, 0.3) is 0 Å². The third-order valence-corrected chi connectivity index (χ3v) is 4.39. The molecule has 0 aromatic heterocycles. The second kappa shape index (κ2) is 7.20. The van der Waals surface area contributed by atoms with E-state index in [1.807, 2.05) is 0 Å². The topological polar surface area (TPSA) is 20.3 Å². The first-order valence-corrected chi connectivity index (χ1v) is 7.98. The van der Waals surface area contributed by atoms with Crippen molar-refractivity contribution in [1.29, 1.82) is 0 Å². The molecule has 0 radical (unpaired) electrons. The van der Waals surface area contributed by atoms with Gasteiger partial charge < -0.3 is 0 Å². The molecule has 0 spiro atoms. The van der Waals surface area contributed by atoms with Crippen molar-refractivity contribution in [3.63, 3.8) is 0 Å². The van der Waals surface area contributed by atoms with Crippen LogP contribution in [-0.4, -0.2) is 23.8 Å². The van der Waals surface area contributed by atoms with Crippen molar-refractivity contribution in [2.24, 2.45) is 5.92 Å². The molecule has 3 heteroatoms. The molecule has 2 rings (SSSR count). The molecule has 1 fully saturated rings. The number of benzene rings is 1. The molecule has 0 atom stereocenters. The van der Waals surface area contributed by atoms with Gasteiger partial charge in [-0.25, -0.2) is 0 Å². The maximum absolute atomic E-state index is 11.9. The van der Waals surface area contributed by atoms with Gasteiger partial charge in [0.2, 0.25) is 0 Å². The van der Waals surface area contributed by atoms with Crippen LogP contribution in [0, 0.1) is 5.92 Å². The minimum Gasteiger partial charge on any atom is -0.299 e. The molecule has 0 amide bonds. The molecule has 0 bridgehead atoms. The summed E-state index contributed by atoms with van der Waals surface area (Å²) in [5.74, 6) is 0.798. The average Bonchev–Trinajstić information content (AvgIpc) is 2.42. The molecule has 1 aliphatic heterocycles. The summed E-state index contributed by atoms with van der Waals surface area (Å²) in [4.78, 5) is 14.3. The number of nitrogens with zero attached hydrogens (tertiary/aromatic N) is 1. The van der Waals surface area contributed by atoms with Gasteiger partial charge in [0.25, 0.3) is 0 Å². The van der Waals surface area contributed by atoms with Gasteiger partial charge in [0.15, 0.2) is 0 Å². The Labute approximate surface area is 124 Å². The van der Waals surface area contributed by atoms with Crippen LogP contribution in [0.5, 0.6) is 0 Å². The number of rotatable bonds is 5. The Kier molecular flexibility index (Phi) is 5.59. The highest BCUT2D eigenvalue weighted by atomic mass is 79.9. The average molecular weight is 324 g/mol. The summed E-state index contributed by atoms with van der Waals surface area (Å²) in [6.07, 6.45) is 3.82. The van der Waals surface area contributed by atoms with E-state index in [0.29, 0.717) is 11.7 Å². The summed E-state index contributed by atoms with van der Waals surface area (Å²) in [5.41, 5.74) is 1.35. The van der Waals surface area contributed by atoms with Gasteiger partial charge in [-0.2, -0.15) is 0 Å². The summed E-state index contributed by atoms with van der Waals surface area (Å²) < 4.78 is 1.13. The van der Waals surface area contributed by atoms with Crippen molar-refractivity contribution in [3.05, 3.63) is 34.3 Å². The molecular formula is C16H22BrNO. The second-order valence-corrected chi connectivity index (χ2v) is 6.31. The minimum atomic E-state index is 0.320. The normalized spacial score (nSPS) is 17.6. The summed E-state index contributed by atoms with van der Waals surface area (Å²) in [7, 11) is 0. The SMILES string of the molecule is CCCC(=O)C1CCN(Cc2ccc(Br)cc2)CC1. The monoisotopic (exact) mass is 323 g/mol. The predicted molar refractivity (Wildman–Crippen MR) is 82.1 cm³/mol. The fraction of sp³-hybridized carbons (Fsp3) is 0.562. The van der Waals surface area contributed by atoms with Gasteiger partial charge in [-0.05, 0) is 50.0 Å². The fourth-order valence-corrected chi connectivity index (χ4v) is 2.98. The van der Waals surface area contributed by atoms with Crippen molar-refractivity contribution in [3.8, 4) is 0 Å². The summed E-state index contributed by atoms with van der Waals surface area (Å²) >= 11 is 3.46. The Balaban J connectivity index is 1.80. The van der Waals surface area contributed by atoms with Gasteiger partial charge >= 0.3 is 0 Å². The van der Waals surface area contributed by atoms with E-state index in [-0.39, 0.29) is 0 Å². The lowest BCUT2D eigenvalue weighted by Crippen LogP contribution is -2.35. The third-order valence-electron chi connectivity index (χ3n) is 3.86. The van der Waals surface area contributed by atoms with Crippen LogP contribution in [0.4, 0.5) is 0 Å². The summed E-state index contributed by atoms with van der Waals surface area (Å²) in [6.45, 7) is 5.19. The Hall–Kier alpha value is -0.670. The number of Topliss-reactive ketones (excluding diaryl/α,β-unsaturated/α-hetero) is 1. The number of piperidine rings is 1. The van der Waals surface area contributed by atoms with E-state index in [1.54, 1.807) is 0 Å².